The number of allylic oxidation sites excluding steroid dienone is 4. The zero-order valence-electron chi connectivity index (χ0n) is 29.2. The Labute approximate surface area is 298 Å². The minimum absolute atomic E-state index is 0. The summed E-state index contributed by atoms with van der Waals surface area (Å²) in [5.74, 6) is 0. The van der Waals surface area contributed by atoms with Gasteiger partial charge in [0.15, 0.2) is 0 Å². The molecule has 0 amide bonds. The van der Waals surface area contributed by atoms with Crippen LogP contribution in [0, 0.1) is 27.7 Å². The van der Waals surface area contributed by atoms with E-state index in [1.165, 1.54) is 44.5 Å². The topological polar surface area (TPSA) is 0 Å². The van der Waals surface area contributed by atoms with E-state index in [1.807, 2.05) is 0 Å². The number of benzene rings is 4. The van der Waals surface area contributed by atoms with Crippen LogP contribution in [0.5, 0.6) is 0 Å². The molecule has 0 saturated carbocycles. The SMILES string of the molecule is Cc1ccc([Si](c2ccc(C)cc2)=[Zr+2]([C]2=CC=CC2)[CH]2c3cc(C)c(C(C)(C)C)cc3-c3cc(C(C)(C)C)c(C)cc32)cc1.[Cl-].[Cl-]. The second kappa shape index (κ2) is 13.9. The van der Waals surface area contributed by atoms with Crippen molar-refractivity contribution < 1.29 is 45.2 Å². The number of aryl methyl sites for hydroxylation is 4. The molecular weight excluding hydrogens is 695 g/mol. The Morgan fingerprint density at radius 2 is 1.02 bits per heavy atom. The number of rotatable bonds is 4. The van der Waals surface area contributed by atoms with E-state index in [1.54, 1.807) is 24.8 Å². The molecule has 4 heteroatoms. The van der Waals surface area contributed by atoms with Gasteiger partial charge in [-0.05, 0) is 0 Å². The standard InChI is InChI=1S/C23H29.C14H14Si.C5H5.2ClH.Zr/c1-14-9-16-11-17-10-15(2)21(23(6,7)8)13-19(17)18(16)12-20(14)22(3,4)5;1-11-3-7-13(8-4-11)15-14-9-5-12(2)6-10-14;1-2-4-5-3-1;;;/h9-13H,1-8H3;3-10H,1-2H3;1-3H,4H2;2*1H;/q;;;;;+2/p-2. The summed E-state index contributed by atoms with van der Waals surface area (Å²) >= 11 is -2.52. The smallest absolute Gasteiger partial charge is 1.00 e. The molecule has 0 N–H and O–H groups in total. The maximum atomic E-state index is 2.62. The molecule has 0 saturated heterocycles. The first-order chi connectivity index (χ1) is 20.7. The number of fused-ring (bicyclic) bond motifs is 3. The summed E-state index contributed by atoms with van der Waals surface area (Å²) < 4.78 is 2.28. The predicted molar refractivity (Wildman–Crippen MR) is 190 cm³/mol. The fourth-order valence-corrected chi connectivity index (χ4v) is 29.7. The molecule has 4 aromatic carbocycles. The average molecular weight is 743 g/mol. The Kier molecular flexibility index (Phi) is 11.1. The van der Waals surface area contributed by atoms with Crippen LogP contribution in [-0.4, -0.2) is 5.43 Å². The molecule has 0 nitrogen and oxygen atoms in total. The minimum atomic E-state index is -2.52. The normalized spacial score (nSPS) is 13.6. The van der Waals surface area contributed by atoms with Crippen molar-refractivity contribution in [3.05, 3.63) is 139 Å². The Bertz CT molecular complexity index is 1740. The van der Waals surface area contributed by atoms with E-state index in [0.717, 1.165) is 6.42 Å². The second-order valence-electron chi connectivity index (χ2n) is 15.3. The third kappa shape index (κ3) is 6.94. The van der Waals surface area contributed by atoms with Gasteiger partial charge in [0.05, 0.1) is 0 Å². The van der Waals surface area contributed by atoms with Gasteiger partial charge in [-0.15, -0.1) is 0 Å². The molecule has 0 aliphatic heterocycles. The molecule has 2 aliphatic carbocycles. The van der Waals surface area contributed by atoms with Gasteiger partial charge < -0.3 is 24.8 Å². The van der Waals surface area contributed by atoms with Gasteiger partial charge in [0, 0.05) is 0 Å². The van der Waals surface area contributed by atoms with Gasteiger partial charge in [0.25, 0.3) is 0 Å². The third-order valence-electron chi connectivity index (χ3n) is 9.68. The van der Waals surface area contributed by atoms with Crippen molar-refractivity contribution in [3.8, 4) is 11.1 Å². The van der Waals surface area contributed by atoms with E-state index in [4.69, 9.17) is 0 Å². The van der Waals surface area contributed by atoms with Crippen LogP contribution in [0.1, 0.15) is 96.1 Å². The van der Waals surface area contributed by atoms with Gasteiger partial charge in [-0.3, -0.25) is 0 Å². The average Bonchev–Trinajstić information content (AvgIpc) is 3.57. The molecule has 4 aromatic rings. The van der Waals surface area contributed by atoms with Crippen molar-refractivity contribution in [2.45, 2.75) is 90.1 Å². The van der Waals surface area contributed by atoms with Crippen LogP contribution in [0.15, 0.2) is 94.3 Å². The zero-order valence-corrected chi connectivity index (χ0v) is 34.2. The first-order valence-electron chi connectivity index (χ1n) is 16.3. The van der Waals surface area contributed by atoms with E-state index >= 15 is 0 Å². The van der Waals surface area contributed by atoms with Gasteiger partial charge in [-0.2, -0.15) is 0 Å². The van der Waals surface area contributed by atoms with Crippen molar-refractivity contribution >= 4 is 15.8 Å². The third-order valence-corrected chi connectivity index (χ3v) is 29.4. The van der Waals surface area contributed by atoms with E-state index < -0.39 is 25.8 Å². The molecule has 0 bridgehead atoms. The number of hydrogen-bond acceptors (Lipinski definition) is 0. The van der Waals surface area contributed by atoms with Crippen molar-refractivity contribution in [1.29, 1.82) is 0 Å². The molecule has 46 heavy (non-hydrogen) atoms. The maximum absolute atomic E-state index is 2.62. The van der Waals surface area contributed by atoms with E-state index in [9.17, 15) is 0 Å². The quantitative estimate of drug-likeness (QED) is 0.279. The zero-order chi connectivity index (χ0) is 31.6. The van der Waals surface area contributed by atoms with Crippen molar-refractivity contribution in [2.24, 2.45) is 0 Å². The summed E-state index contributed by atoms with van der Waals surface area (Å²) in [6.07, 6.45) is 8.42. The molecular formula is C42H48Cl2SiZr. The van der Waals surface area contributed by atoms with Crippen LogP contribution in [-0.2, 0) is 31.2 Å². The summed E-state index contributed by atoms with van der Waals surface area (Å²) in [4.78, 5) is 0. The van der Waals surface area contributed by atoms with Crippen LogP contribution in [0.25, 0.3) is 11.1 Å². The molecule has 6 rings (SSSR count). The van der Waals surface area contributed by atoms with Gasteiger partial charge in [0.1, 0.15) is 0 Å². The van der Waals surface area contributed by atoms with Crippen LogP contribution in [0.2, 0.25) is 0 Å². The largest absolute Gasteiger partial charge is 1.00 e. The fraction of sp³-hybridized carbons (Fsp3) is 0.333. The Balaban J connectivity index is 0.00000240. The fourth-order valence-electron chi connectivity index (χ4n) is 7.55. The van der Waals surface area contributed by atoms with Crippen molar-refractivity contribution in [2.75, 3.05) is 0 Å². The predicted octanol–water partition coefficient (Wildman–Crippen LogP) is 3.86. The maximum Gasteiger partial charge on any atom is -1.00 e. The minimum Gasteiger partial charge on any atom is -1.00 e. The van der Waals surface area contributed by atoms with Crippen LogP contribution < -0.4 is 35.2 Å². The van der Waals surface area contributed by atoms with Crippen molar-refractivity contribution in [1.82, 2.24) is 0 Å². The number of halogens is 2. The van der Waals surface area contributed by atoms with E-state index in [-0.39, 0.29) is 35.6 Å². The molecule has 2 aliphatic rings. The van der Waals surface area contributed by atoms with Gasteiger partial charge in [-0.1, -0.05) is 0 Å². The molecule has 238 valence electrons. The van der Waals surface area contributed by atoms with Crippen LogP contribution >= 0.6 is 0 Å². The van der Waals surface area contributed by atoms with E-state index in [2.05, 4.69) is 160 Å². The first kappa shape index (κ1) is 36.9. The molecule has 0 heterocycles. The monoisotopic (exact) mass is 740 g/mol. The number of hydrogen-bond donors (Lipinski definition) is 0. The summed E-state index contributed by atoms with van der Waals surface area (Å²) in [5, 5.41) is 3.18. The summed E-state index contributed by atoms with van der Waals surface area (Å²) in [7, 11) is 0. The Hall–Kier alpha value is -1.96. The Morgan fingerprint density at radius 3 is 1.37 bits per heavy atom. The molecule has 0 aromatic heterocycles. The molecule has 0 atom stereocenters. The second-order valence-corrected chi connectivity index (χ2v) is 29.1. The van der Waals surface area contributed by atoms with E-state index in [0.29, 0.717) is 3.63 Å². The molecule has 0 fully saturated rings. The van der Waals surface area contributed by atoms with Crippen LogP contribution in [0.4, 0.5) is 0 Å². The van der Waals surface area contributed by atoms with Crippen LogP contribution in [0.3, 0.4) is 0 Å². The molecule has 0 unspecified atom stereocenters. The summed E-state index contributed by atoms with van der Waals surface area (Å²) in [5.41, 5.74) is 14.0. The molecule has 0 spiro atoms. The summed E-state index contributed by atoms with van der Waals surface area (Å²) in [6.45, 7) is 23.4. The summed E-state index contributed by atoms with van der Waals surface area (Å²) in [6, 6.07) is 29.8. The van der Waals surface area contributed by atoms with Gasteiger partial charge in [0.2, 0.25) is 0 Å². The Morgan fingerprint density at radius 1 is 0.609 bits per heavy atom. The van der Waals surface area contributed by atoms with Crippen molar-refractivity contribution in [3.63, 3.8) is 0 Å². The van der Waals surface area contributed by atoms with Gasteiger partial charge >= 0.3 is 276 Å². The first-order valence-corrected chi connectivity index (χ1v) is 24.1. The van der Waals surface area contributed by atoms with Gasteiger partial charge in [-0.25, -0.2) is 0 Å². The molecule has 0 radical (unpaired) electrons.